The Morgan fingerprint density at radius 2 is 1.82 bits per heavy atom. The summed E-state index contributed by atoms with van der Waals surface area (Å²) in [5.74, 6) is 1.36. The smallest absolute Gasteiger partial charge is 0.236 e. The summed E-state index contributed by atoms with van der Waals surface area (Å²) in [7, 11) is 0. The van der Waals surface area contributed by atoms with Gasteiger partial charge in [-0.05, 0) is 54.8 Å². The summed E-state index contributed by atoms with van der Waals surface area (Å²) >= 11 is 5.98. The van der Waals surface area contributed by atoms with Crippen molar-refractivity contribution in [2.75, 3.05) is 0 Å². The molecule has 0 radical (unpaired) electrons. The van der Waals surface area contributed by atoms with Crippen molar-refractivity contribution in [3.05, 3.63) is 94.8 Å². The number of hydrogen-bond acceptors (Lipinski definition) is 4. The van der Waals surface area contributed by atoms with Crippen molar-refractivity contribution in [2.45, 2.75) is 40.0 Å². The van der Waals surface area contributed by atoms with Gasteiger partial charge in [0.05, 0.1) is 11.0 Å². The second kappa shape index (κ2) is 11.2. The van der Waals surface area contributed by atoms with Crippen LogP contribution in [-0.2, 0) is 24.5 Å². The summed E-state index contributed by atoms with van der Waals surface area (Å²) in [6.07, 6.45) is 0.673. The van der Waals surface area contributed by atoms with Crippen LogP contribution in [0.1, 0.15) is 30.3 Å². The Morgan fingerprint density at radius 1 is 1.06 bits per heavy atom. The van der Waals surface area contributed by atoms with Gasteiger partial charge in [0.25, 0.3) is 0 Å². The molecule has 2 N–H and O–H groups in total. The monoisotopic (exact) mass is 476 g/mol. The molecule has 1 aromatic heterocycles. The number of para-hydroxylation sites is 1. The second-order valence-corrected chi connectivity index (χ2v) is 8.82. The van der Waals surface area contributed by atoms with E-state index in [2.05, 4.69) is 34.5 Å². The largest absolute Gasteiger partial charge is 0.486 e. The SMILES string of the molecule is Cc1cccc2c1nc(COc1ccc(Cl)cc1)n2CCC(C)C(=O)NNCc1ccccc1. The molecule has 0 bridgehead atoms. The molecule has 1 unspecified atom stereocenters. The van der Waals surface area contributed by atoms with Gasteiger partial charge in [0.2, 0.25) is 5.91 Å². The molecule has 0 spiro atoms. The van der Waals surface area contributed by atoms with Crippen LogP contribution >= 0.6 is 11.6 Å². The van der Waals surface area contributed by atoms with Crippen molar-refractivity contribution >= 4 is 28.5 Å². The van der Waals surface area contributed by atoms with Gasteiger partial charge in [-0.3, -0.25) is 10.2 Å². The Morgan fingerprint density at radius 3 is 2.59 bits per heavy atom. The molecule has 7 heteroatoms. The lowest BCUT2D eigenvalue weighted by Crippen LogP contribution is -2.40. The number of nitrogens with zero attached hydrogens (tertiary/aromatic N) is 2. The van der Waals surface area contributed by atoms with Gasteiger partial charge in [0.15, 0.2) is 0 Å². The minimum atomic E-state index is -0.171. The molecule has 1 heterocycles. The van der Waals surface area contributed by atoms with E-state index < -0.39 is 0 Å². The summed E-state index contributed by atoms with van der Waals surface area (Å²) in [6, 6.07) is 23.4. The number of benzene rings is 3. The van der Waals surface area contributed by atoms with Crippen LogP contribution in [0, 0.1) is 12.8 Å². The molecule has 176 valence electrons. The van der Waals surface area contributed by atoms with E-state index in [0.29, 0.717) is 31.1 Å². The number of fused-ring (bicyclic) bond motifs is 1. The highest BCUT2D eigenvalue weighted by atomic mass is 35.5. The molecule has 0 aliphatic heterocycles. The van der Waals surface area contributed by atoms with E-state index in [1.54, 1.807) is 12.1 Å². The minimum Gasteiger partial charge on any atom is -0.486 e. The van der Waals surface area contributed by atoms with E-state index in [9.17, 15) is 4.79 Å². The normalized spacial score (nSPS) is 12.0. The van der Waals surface area contributed by atoms with E-state index in [1.165, 1.54) is 0 Å². The van der Waals surface area contributed by atoms with Crippen LogP contribution < -0.4 is 15.6 Å². The fourth-order valence-corrected chi connectivity index (χ4v) is 3.91. The highest BCUT2D eigenvalue weighted by molar-refractivity contribution is 6.30. The zero-order chi connectivity index (χ0) is 23.9. The van der Waals surface area contributed by atoms with Crippen molar-refractivity contribution in [1.82, 2.24) is 20.4 Å². The summed E-state index contributed by atoms with van der Waals surface area (Å²) in [5.41, 5.74) is 10.1. The molecule has 4 aromatic rings. The maximum Gasteiger partial charge on any atom is 0.236 e. The first-order chi connectivity index (χ1) is 16.5. The number of carbonyl (C=O) groups is 1. The standard InChI is InChI=1S/C27H29ClN4O2/c1-19-7-6-10-24-26(19)30-25(18-34-23-13-11-22(28)12-14-23)32(24)16-15-20(2)27(33)31-29-17-21-8-4-3-5-9-21/h3-14,20,29H,15-18H2,1-2H3,(H,31,33). The van der Waals surface area contributed by atoms with Gasteiger partial charge >= 0.3 is 0 Å². The molecule has 0 aliphatic carbocycles. The molecule has 1 amide bonds. The Kier molecular flexibility index (Phi) is 7.83. The van der Waals surface area contributed by atoms with Crippen LogP contribution in [-0.4, -0.2) is 15.5 Å². The lowest BCUT2D eigenvalue weighted by molar-refractivity contribution is -0.125. The number of hydrazine groups is 1. The number of carbonyl (C=O) groups excluding carboxylic acids is 1. The quantitative estimate of drug-likeness (QED) is 0.300. The van der Waals surface area contributed by atoms with Gasteiger partial charge in [0, 0.05) is 24.0 Å². The van der Waals surface area contributed by atoms with Crippen molar-refractivity contribution in [3.63, 3.8) is 0 Å². The Bertz CT molecular complexity index is 1240. The summed E-state index contributed by atoms with van der Waals surface area (Å²) in [4.78, 5) is 17.4. The minimum absolute atomic E-state index is 0.0319. The number of aromatic nitrogens is 2. The summed E-state index contributed by atoms with van der Waals surface area (Å²) in [6.45, 7) is 5.56. The zero-order valence-corrected chi connectivity index (χ0v) is 20.2. The lowest BCUT2D eigenvalue weighted by atomic mass is 10.1. The van der Waals surface area contributed by atoms with Crippen molar-refractivity contribution < 1.29 is 9.53 Å². The second-order valence-electron chi connectivity index (χ2n) is 8.38. The van der Waals surface area contributed by atoms with E-state index >= 15 is 0 Å². The van der Waals surface area contributed by atoms with Crippen LogP contribution in [0.15, 0.2) is 72.8 Å². The van der Waals surface area contributed by atoms with Gasteiger partial charge in [-0.2, -0.15) is 0 Å². The molecule has 3 aromatic carbocycles. The van der Waals surface area contributed by atoms with Gasteiger partial charge in [-0.25, -0.2) is 10.4 Å². The molecule has 0 aliphatic rings. The topological polar surface area (TPSA) is 68.2 Å². The molecule has 6 nitrogen and oxygen atoms in total. The average Bonchev–Trinajstić information content (AvgIpc) is 3.21. The molecular formula is C27H29ClN4O2. The number of amides is 1. The maximum atomic E-state index is 12.6. The summed E-state index contributed by atoms with van der Waals surface area (Å²) in [5, 5.41) is 0.667. The third-order valence-corrected chi connectivity index (χ3v) is 6.07. The van der Waals surface area contributed by atoms with Gasteiger partial charge < -0.3 is 9.30 Å². The number of imidazole rings is 1. The van der Waals surface area contributed by atoms with Crippen LogP contribution in [0.3, 0.4) is 0 Å². The van der Waals surface area contributed by atoms with E-state index in [1.807, 2.05) is 55.5 Å². The van der Waals surface area contributed by atoms with Gasteiger partial charge in [-0.1, -0.05) is 61.0 Å². The number of ether oxygens (including phenoxy) is 1. The first-order valence-corrected chi connectivity index (χ1v) is 11.8. The number of nitrogens with one attached hydrogen (secondary N) is 2. The zero-order valence-electron chi connectivity index (χ0n) is 19.4. The molecule has 4 rings (SSSR count). The summed E-state index contributed by atoms with van der Waals surface area (Å²) < 4.78 is 8.13. The highest BCUT2D eigenvalue weighted by Crippen LogP contribution is 2.23. The maximum absolute atomic E-state index is 12.6. The Balaban J connectivity index is 1.40. The van der Waals surface area contributed by atoms with Crippen LogP contribution in [0.2, 0.25) is 5.02 Å². The van der Waals surface area contributed by atoms with Crippen LogP contribution in [0.4, 0.5) is 0 Å². The predicted octanol–water partition coefficient (Wildman–Crippen LogP) is 5.42. The number of halogens is 1. The first-order valence-electron chi connectivity index (χ1n) is 11.4. The fraction of sp³-hybridized carbons (Fsp3) is 0.259. The Labute approximate surface area is 204 Å². The lowest BCUT2D eigenvalue weighted by Gasteiger charge is -2.15. The fourth-order valence-electron chi connectivity index (χ4n) is 3.78. The molecule has 0 fully saturated rings. The third kappa shape index (κ3) is 5.95. The van der Waals surface area contributed by atoms with Crippen LogP contribution in [0.25, 0.3) is 11.0 Å². The van der Waals surface area contributed by atoms with E-state index in [-0.39, 0.29) is 11.8 Å². The first kappa shape index (κ1) is 23.8. The van der Waals surface area contributed by atoms with Crippen molar-refractivity contribution in [3.8, 4) is 5.75 Å². The number of rotatable bonds is 10. The van der Waals surface area contributed by atoms with E-state index in [0.717, 1.165) is 33.7 Å². The van der Waals surface area contributed by atoms with Gasteiger partial charge in [-0.15, -0.1) is 0 Å². The highest BCUT2D eigenvalue weighted by Gasteiger charge is 2.17. The number of hydrogen-bond donors (Lipinski definition) is 2. The van der Waals surface area contributed by atoms with E-state index in [4.69, 9.17) is 21.3 Å². The van der Waals surface area contributed by atoms with Crippen molar-refractivity contribution in [1.29, 1.82) is 0 Å². The average molecular weight is 477 g/mol. The molecule has 0 saturated carbocycles. The molecule has 34 heavy (non-hydrogen) atoms. The molecule has 1 atom stereocenters. The van der Waals surface area contributed by atoms with Gasteiger partial charge in [0.1, 0.15) is 18.2 Å². The number of aryl methyl sites for hydroxylation is 2. The predicted molar refractivity (Wildman–Crippen MR) is 135 cm³/mol. The van der Waals surface area contributed by atoms with Crippen molar-refractivity contribution in [2.24, 2.45) is 5.92 Å². The third-order valence-electron chi connectivity index (χ3n) is 5.82. The molecule has 0 saturated heterocycles. The van der Waals surface area contributed by atoms with Crippen LogP contribution in [0.5, 0.6) is 5.75 Å². The molecular weight excluding hydrogens is 448 g/mol. The Hall–Kier alpha value is -3.35.